The van der Waals surface area contributed by atoms with Crippen molar-refractivity contribution in [2.45, 2.75) is 50.3 Å². The molecule has 1 heterocycles. The van der Waals surface area contributed by atoms with Crippen LogP contribution in [0.15, 0.2) is 6.20 Å². The number of imidazole rings is 1. The third-order valence-electron chi connectivity index (χ3n) is 4.02. The third-order valence-corrected chi connectivity index (χ3v) is 5.81. The molecule has 1 aliphatic rings. The van der Waals surface area contributed by atoms with Crippen molar-refractivity contribution >= 4 is 10.2 Å². The molecule has 0 aliphatic heterocycles. The van der Waals surface area contributed by atoms with Crippen molar-refractivity contribution in [1.29, 1.82) is 0 Å². The Kier molecular flexibility index (Phi) is 5.07. The smallest absolute Gasteiger partial charge is 0.378 e. The molecule has 6 nitrogen and oxygen atoms in total. The highest BCUT2D eigenvalue weighted by atomic mass is 32.2. The second-order valence-corrected chi connectivity index (χ2v) is 7.87. The summed E-state index contributed by atoms with van der Waals surface area (Å²) in [4.78, 5) is 3.92. The van der Waals surface area contributed by atoms with E-state index in [9.17, 15) is 26.7 Å². The predicted molar refractivity (Wildman–Crippen MR) is 77.1 cm³/mol. The van der Waals surface area contributed by atoms with Crippen LogP contribution in [0.4, 0.5) is 13.2 Å². The van der Waals surface area contributed by atoms with Gasteiger partial charge in [-0.15, -0.1) is 0 Å². The third kappa shape index (κ3) is 3.53. The summed E-state index contributed by atoms with van der Waals surface area (Å²) in [7, 11) is -1.77. The molecule has 1 saturated carbocycles. The van der Waals surface area contributed by atoms with Gasteiger partial charge < -0.3 is 5.11 Å². The van der Waals surface area contributed by atoms with Gasteiger partial charge in [-0.05, 0) is 12.8 Å². The first kappa shape index (κ1) is 18.2. The molecule has 132 valence electrons. The number of hydrogen-bond acceptors (Lipinski definition) is 4. The SMILES string of the molecule is CN(C)S(=O)(=O)n1c(C(O)C(F)(F)F)cnc1C1CCCCC1. The lowest BCUT2D eigenvalue weighted by molar-refractivity contribution is -0.208. The van der Waals surface area contributed by atoms with E-state index >= 15 is 0 Å². The van der Waals surface area contributed by atoms with Crippen LogP contribution in [-0.2, 0) is 10.2 Å². The highest BCUT2D eigenvalue weighted by Crippen LogP contribution is 2.38. The fourth-order valence-electron chi connectivity index (χ4n) is 2.77. The van der Waals surface area contributed by atoms with Gasteiger partial charge in [0.15, 0.2) is 6.10 Å². The second-order valence-electron chi connectivity index (χ2n) is 5.87. The molecule has 1 aliphatic carbocycles. The number of nitrogens with zero attached hydrogens (tertiary/aromatic N) is 3. The number of hydrogen-bond donors (Lipinski definition) is 1. The van der Waals surface area contributed by atoms with Gasteiger partial charge in [0.25, 0.3) is 0 Å². The maximum Gasteiger partial charge on any atom is 0.420 e. The van der Waals surface area contributed by atoms with Crippen molar-refractivity contribution in [3.63, 3.8) is 0 Å². The molecule has 1 unspecified atom stereocenters. The van der Waals surface area contributed by atoms with E-state index in [1.165, 1.54) is 14.1 Å². The summed E-state index contributed by atoms with van der Waals surface area (Å²) in [5.74, 6) is -0.163. The molecular formula is C13H20F3N3O3S. The zero-order chi connectivity index (χ0) is 17.4. The van der Waals surface area contributed by atoms with Gasteiger partial charge in [-0.25, -0.2) is 8.96 Å². The Morgan fingerprint density at radius 1 is 1.30 bits per heavy atom. The summed E-state index contributed by atoms with van der Waals surface area (Å²) in [6.07, 6.45) is -2.97. The van der Waals surface area contributed by atoms with Crippen LogP contribution < -0.4 is 0 Å². The Bertz CT molecular complexity index is 649. The molecule has 0 amide bonds. The molecule has 2 rings (SSSR count). The summed E-state index contributed by atoms with van der Waals surface area (Å²) in [5, 5.41) is 9.53. The zero-order valence-electron chi connectivity index (χ0n) is 12.9. The second kappa shape index (κ2) is 6.40. The Hall–Kier alpha value is -1.13. The number of aliphatic hydroxyl groups is 1. The molecule has 0 radical (unpaired) electrons. The maximum absolute atomic E-state index is 12.9. The number of halogens is 3. The Morgan fingerprint density at radius 2 is 1.87 bits per heavy atom. The fraction of sp³-hybridized carbons (Fsp3) is 0.769. The van der Waals surface area contributed by atoms with Crippen molar-refractivity contribution in [1.82, 2.24) is 13.3 Å². The van der Waals surface area contributed by atoms with E-state index in [2.05, 4.69) is 4.98 Å². The van der Waals surface area contributed by atoms with Crippen LogP contribution in [0.5, 0.6) is 0 Å². The van der Waals surface area contributed by atoms with Crippen molar-refractivity contribution in [3.05, 3.63) is 17.7 Å². The Morgan fingerprint density at radius 3 is 2.35 bits per heavy atom. The summed E-state index contributed by atoms with van der Waals surface area (Å²) >= 11 is 0. The Labute approximate surface area is 133 Å². The van der Waals surface area contributed by atoms with Crippen LogP contribution in [0.2, 0.25) is 0 Å². The lowest BCUT2D eigenvalue weighted by Gasteiger charge is -2.25. The molecule has 0 bridgehead atoms. The summed E-state index contributed by atoms with van der Waals surface area (Å²) < 4.78 is 64.9. The summed E-state index contributed by atoms with van der Waals surface area (Å²) in [6, 6.07) is 0. The lowest BCUT2D eigenvalue weighted by atomic mass is 9.89. The van der Waals surface area contributed by atoms with Crippen molar-refractivity contribution in [2.75, 3.05) is 14.1 Å². The number of alkyl halides is 3. The van der Waals surface area contributed by atoms with Gasteiger partial charge in [-0.2, -0.15) is 25.9 Å². The Balaban J connectivity index is 2.59. The van der Waals surface area contributed by atoms with Crippen LogP contribution in [0.25, 0.3) is 0 Å². The standard InChI is InChI=1S/C13H20F3N3O3S/c1-18(2)23(21,22)19-10(11(20)13(14,15)16)8-17-12(19)9-6-4-3-5-7-9/h8-9,11,20H,3-7H2,1-2H3. The van der Waals surface area contributed by atoms with E-state index in [4.69, 9.17) is 0 Å². The van der Waals surface area contributed by atoms with E-state index < -0.39 is 28.2 Å². The number of aromatic nitrogens is 2. The molecule has 0 spiro atoms. The molecule has 1 N–H and O–H groups in total. The van der Waals surface area contributed by atoms with E-state index in [0.717, 1.165) is 29.8 Å². The summed E-state index contributed by atoms with van der Waals surface area (Å²) in [6.45, 7) is 0. The van der Waals surface area contributed by atoms with E-state index in [-0.39, 0.29) is 11.7 Å². The van der Waals surface area contributed by atoms with E-state index in [0.29, 0.717) is 16.8 Å². The van der Waals surface area contributed by atoms with Crippen LogP contribution in [0, 0.1) is 0 Å². The highest BCUT2D eigenvalue weighted by Gasteiger charge is 2.44. The molecule has 1 aromatic heterocycles. The molecule has 1 aromatic rings. The van der Waals surface area contributed by atoms with Gasteiger partial charge in [0, 0.05) is 20.0 Å². The van der Waals surface area contributed by atoms with Gasteiger partial charge in [0.1, 0.15) is 5.82 Å². The topological polar surface area (TPSA) is 75.4 Å². The minimum atomic E-state index is -4.97. The van der Waals surface area contributed by atoms with Gasteiger partial charge in [0.2, 0.25) is 0 Å². The molecular weight excluding hydrogens is 335 g/mol. The normalized spacial score (nSPS) is 19.3. The number of rotatable bonds is 4. The van der Waals surface area contributed by atoms with Crippen molar-refractivity contribution < 1.29 is 26.7 Å². The van der Waals surface area contributed by atoms with Crippen molar-refractivity contribution in [3.8, 4) is 0 Å². The van der Waals surface area contributed by atoms with Crippen molar-refractivity contribution in [2.24, 2.45) is 0 Å². The highest BCUT2D eigenvalue weighted by molar-refractivity contribution is 7.87. The molecule has 0 saturated heterocycles. The van der Waals surface area contributed by atoms with Gasteiger partial charge in [0.05, 0.1) is 11.9 Å². The first-order valence-corrected chi connectivity index (χ1v) is 8.72. The predicted octanol–water partition coefficient (Wildman–Crippen LogP) is 2.18. The minimum Gasteiger partial charge on any atom is -0.378 e. The quantitative estimate of drug-likeness (QED) is 0.898. The van der Waals surface area contributed by atoms with E-state index in [1.807, 2.05) is 0 Å². The summed E-state index contributed by atoms with van der Waals surface area (Å²) in [5.41, 5.74) is -0.772. The lowest BCUT2D eigenvalue weighted by Crippen LogP contribution is -2.34. The van der Waals surface area contributed by atoms with Crippen LogP contribution >= 0.6 is 0 Å². The molecule has 0 aromatic carbocycles. The first-order valence-electron chi connectivity index (χ1n) is 7.32. The van der Waals surface area contributed by atoms with Gasteiger partial charge >= 0.3 is 16.4 Å². The van der Waals surface area contributed by atoms with Gasteiger partial charge in [-0.1, -0.05) is 19.3 Å². The minimum absolute atomic E-state index is 0.0664. The first-order chi connectivity index (χ1) is 10.6. The molecule has 10 heteroatoms. The monoisotopic (exact) mass is 355 g/mol. The van der Waals surface area contributed by atoms with Crippen LogP contribution in [0.3, 0.4) is 0 Å². The average molecular weight is 355 g/mol. The van der Waals surface area contributed by atoms with E-state index in [1.54, 1.807) is 0 Å². The average Bonchev–Trinajstić information content (AvgIpc) is 2.91. The zero-order valence-corrected chi connectivity index (χ0v) is 13.7. The van der Waals surface area contributed by atoms with Gasteiger partial charge in [-0.3, -0.25) is 0 Å². The molecule has 23 heavy (non-hydrogen) atoms. The fourth-order valence-corrected chi connectivity index (χ4v) is 3.94. The van der Waals surface area contributed by atoms with Crippen LogP contribution in [0.1, 0.15) is 55.6 Å². The molecule has 1 fully saturated rings. The molecule has 1 atom stereocenters. The largest absolute Gasteiger partial charge is 0.420 e. The maximum atomic E-state index is 12.9. The van der Waals surface area contributed by atoms with Crippen LogP contribution in [-0.4, -0.2) is 47.1 Å². The number of aliphatic hydroxyl groups excluding tert-OH is 1.